The summed E-state index contributed by atoms with van der Waals surface area (Å²) in [5.41, 5.74) is 0.550. The summed E-state index contributed by atoms with van der Waals surface area (Å²) in [4.78, 5) is 0. The van der Waals surface area contributed by atoms with Gasteiger partial charge in [0.2, 0.25) is 0 Å². The number of nitrogens with zero attached hydrogens (tertiary/aromatic N) is 2. The lowest BCUT2D eigenvalue weighted by atomic mass is 10.1. The van der Waals surface area contributed by atoms with Crippen molar-refractivity contribution in [3.63, 3.8) is 0 Å². The van der Waals surface area contributed by atoms with E-state index in [0.29, 0.717) is 10.2 Å². The second kappa shape index (κ2) is 4.34. The summed E-state index contributed by atoms with van der Waals surface area (Å²) in [7, 11) is 0. The van der Waals surface area contributed by atoms with Crippen LogP contribution in [-0.2, 0) is 0 Å². The first kappa shape index (κ1) is 10.7. The van der Waals surface area contributed by atoms with Gasteiger partial charge >= 0.3 is 0 Å². The van der Waals surface area contributed by atoms with Crippen LogP contribution in [0.2, 0.25) is 0 Å². The minimum absolute atomic E-state index is 0.192. The monoisotopic (exact) mass is 288 g/mol. The van der Waals surface area contributed by atoms with Gasteiger partial charge in [0.15, 0.2) is 0 Å². The molecule has 0 spiro atoms. The van der Waals surface area contributed by atoms with Crippen LogP contribution in [0.4, 0.5) is 4.39 Å². The standard InChI is InChI=1S/C9H6BrFN2OS/c10-6-3-1-2-5(8(6)11)9(14)7-4-12-15-13-7/h1-4,9,14H. The lowest BCUT2D eigenvalue weighted by Crippen LogP contribution is -2.03. The third-order valence-corrected chi connectivity index (χ3v) is 3.04. The smallest absolute Gasteiger partial charge is 0.143 e. The Morgan fingerprint density at radius 1 is 1.47 bits per heavy atom. The summed E-state index contributed by atoms with van der Waals surface area (Å²) in [6.07, 6.45) is 0.358. The number of hydrogen-bond donors (Lipinski definition) is 1. The Hall–Kier alpha value is -0.850. The third-order valence-electron chi connectivity index (χ3n) is 1.93. The fraction of sp³-hybridized carbons (Fsp3) is 0.111. The zero-order chi connectivity index (χ0) is 10.8. The van der Waals surface area contributed by atoms with E-state index in [1.807, 2.05) is 0 Å². The van der Waals surface area contributed by atoms with Gasteiger partial charge in [-0.05, 0) is 22.0 Å². The Labute approximate surface area is 98.0 Å². The predicted molar refractivity (Wildman–Crippen MR) is 58.1 cm³/mol. The maximum absolute atomic E-state index is 13.6. The number of hydrogen-bond acceptors (Lipinski definition) is 4. The molecule has 0 amide bonds. The van der Waals surface area contributed by atoms with E-state index in [1.54, 1.807) is 12.1 Å². The molecule has 0 fully saturated rings. The number of aliphatic hydroxyl groups excluding tert-OH is 1. The minimum Gasteiger partial charge on any atom is -0.382 e. The van der Waals surface area contributed by atoms with Crippen LogP contribution in [-0.4, -0.2) is 13.9 Å². The molecule has 1 unspecified atom stereocenters. The van der Waals surface area contributed by atoms with Crippen LogP contribution in [0.25, 0.3) is 0 Å². The van der Waals surface area contributed by atoms with E-state index in [-0.39, 0.29) is 5.56 Å². The van der Waals surface area contributed by atoms with Gasteiger partial charge in [0, 0.05) is 5.56 Å². The third kappa shape index (κ3) is 2.06. The average Bonchev–Trinajstić information content (AvgIpc) is 2.74. The molecule has 0 aliphatic heterocycles. The fourth-order valence-electron chi connectivity index (χ4n) is 1.18. The van der Waals surface area contributed by atoms with Gasteiger partial charge in [-0.15, -0.1) is 0 Å². The molecule has 0 saturated carbocycles. The van der Waals surface area contributed by atoms with Crippen molar-refractivity contribution >= 4 is 27.7 Å². The molecule has 6 heteroatoms. The normalized spacial score (nSPS) is 12.7. The quantitative estimate of drug-likeness (QED) is 0.924. The van der Waals surface area contributed by atoms with E-state index in [0.717, 1.165) is 11.7 Å². The van der Waals surface area contributed by atoms with Crippen molar-refractivity contribution in [1.29, 1.82) is 0 Å². The first-order valence-electron chi connectivity index (χ1n) is 4.09. The molecular formula is C9H6BrFN2OS. The van der Waals surface area contributed by atoms with Gasteiger partial charge in [0.25, 0.3) is 0 Å². The van der Waals surface area contributed by atoms with Crippen LogP contribution in [0.15, 0.2) is 28.9 Å². The number of aromatic nitrogens is 2. The summed E-state index contributed by atoms with van der Waals surface area (Å²) < 4.78 is 21.5. The summed E-state index contributed by atoms with van der Waals surface area (Å²) in [6, 6.07) is 4.75. The van der Waals surface area contributed by atoms with Crippen molar-refractivity contribution in [2.45, 2.75) is 6.10 Å². The fourth-order valence-corrected chi connectivity index (χ4v) is 2.01. The van der Waals surface area contributed by atoms with E-state index < -0.39 is 11.9 Å². The molecule has 0 radical (unpaired) electrons. The van der Waals surface area contributed by atoms with E-state index >= 15 is 0 Å². The average molecular weight is 289 g/mol. The Bertz CT molecular complexity index is 463. The largest absolute Gasteiger partial charge is 0.382 e. The van der Waals surface area contributed by atoms with Crippen molar-refractivity contribution in [1.82, 2.24) is 8.75 Å². The number of rotatable bonds is 2. The van der Waals surface area contributed by atoms with Crippen LogP contribution in [0.1, 0.15) is 17.4 Å². The highest BCUT2D eigenvalue weighted by Gasteiger charge is 2.18. The van der Waals surface area contributed by atoms with Crippen LogP contribution in [0.3, 0.4) is 0 Å². The first-order chi connectivity index (χ1) is 7.20. The van der Waals surface area contributed by atoms with Gasteiger partial charge in [0.05, 0.1) is 22.4 Å². The molecule has 2 aromatic rings. The van der Waals surface area contributed by atoms with E-state index in [4.69, 9.17) is 0 Å². The Balaban J connectivity index is 2.42. The number of halogens is 2. The molecular weight excluding hydrogens is 283 g/mol. The molecule has 3 nitrogen and oxygen atoms in total. The van der Waals surface area contributed by atoms with Gasteiger partial charge in [-0.1, -0.05) is 12.1 Å². The van der Waals surface area contributed by atoms with Gasteiger partial charge in [-0.3, -0.25) is 0 Å². The van der Waals surface area contributed by atoms with E-state index in [2.05, 4.69) is 24.7 Å². The number of aliphatic hydroxyl groups is 1. The molecule has 2 rings (SSSR count). The predicted octanol–water partition coefficient (Wildman–Crippen LogP) is 2.52. The molecule has 0 aliphatic rings. The maximum Gasteiger partial charge on any atom is 0.143 e. The topological polar surface area (TPSA) is 46.0 Å². The van der Waals surface area contributed by atoms with Crippen LogP contribution >= 0.6 is 27.7 Å². The highest BCUT2D eigenvalue weighted by molar-refractivity contribution is 9.10. The summed E-state index contributed by atoms with van der Waals surface area (Å²) >= 11 is 4.04. The summed E-state index contributed by atoms with van der Waals surface area (Å²) in [5, 5.41) is 9.83. The molecule has 78 valence electrons. The molecule has 1 atom stereocenters. The lowest BCUT2D eigenvalue weighted by molar-refractivity contribution is 0.211. The highest BCUT2D eigenvalue weighted by Crippen LogP contribution is 2.27. The van der Waals surface area contributed by atoms with Crippen LogP contribution in [0.5, 0.6) is 0 Å². The Kier molecular flexibility index (Phi) is 3.08. The zero-order valence-electron chi connectivity index (χ0n) is 7.39. The van der Waals surface area contributed by atoms with E-state index in [9.17, 15) is 9.50 Å². The van der Waals surface area contributed by atoms with Gasteiger partial charge in [-0.2, -0.15) is 8.75 Å². The number of benzene rings is 1. The molecule has 1 aromatic carbocycles. The van der Waals surface area contributed by atoms with Crippen molar-refractivity contribution in [3.8, 4) is 0 Å². The Morgan fingerprint density at radius 3 is 2.93 bits per heavy atom. The van der Waals surface area contributed by atoms with Crippen LogP contribution < -0.4 is 0 Å². The van der Waals surface area contributed by atoms with Crippen molar-refractivity contribution in [2.24, 2.45) is 0 Å². The van der Waals surface area contributed by atoms with Gasteiger partial charge in [-0.25, -0.2) is 4.39 Å². The van der Waals surface area contributed by atoms with Crippen molar-refractivity contribution in [2.75, 3.05) is 0 Å². The van der Waals surface area contributed by atoms with Crippen LogP contribution in [0, 0.1) is 5.82 Å². The molecule has 0 aliphatic carbocycles. The maximum atomic E-state index is 13.6. The summed E-state index contributed by atoms with van der Waals surface area (Å²) in [6.45, 7) is 0. The first-order valence-corrected chi connectivity index (χ1v) is 5.62. The molecule has 1 heterocycles. The van der Waals surface area contributed by atoms with Gasteiger partial charge in [0.1, 0.15) is 17.6 Å². The SMILES string of the molecule is OC(c1cnsn1)c1cccc(Br)c1F. The molecule has 1 aromatic heterocycles. The molecule has 1 N–H and O–H groups in total. The van der Waals surface area contributed by atoms with Crippen molar-refractivity contribution < 1.29 is 9.50 Å². The Morgan fingerprint density at radius 2 is 2.27 bits per heavy atom. The van der Waals surface area contributed by atoms with Crippen molar-refractivity contribution in [3.05, 3.63) is 45.9 Å². The highest BCUT2D eigenvalue weighted by atomic mass is 79.9. The molecule has 15 heavy (non-hydrogen) atoms. The summed E-state index contributed by atoms with van der Waals surface area (Å²) in [5.74, 6) is -0.474. The lowest BCUT2D eigenvalue weighted by Gasteiger charge is -2.09. The van der Waals surface area contributed by atoms with Gasteiger partial charge < -0.3 is 5.11 Å². The molecule has 0 saturated heterocycles. The van der Waals surface area contributed by atoms with E-state index in [1.165, 1.54) is 12.3 Å². The molecule has 0 bridgehead atoms. The minimum atomic E-state index is -1.07. The second-order valence-electron chi connectivity index (χ2n) is 2.88. The zero-order valence-corrected chi connectivity index (χ0v) is 9.80. The second-order valence-corrected chi connectivity index (χ2v) is 4.29.